The van der Waals surface area contributed by atoms with E-state index in [0.29, 0.717) is 34.9 Å². The molecule has 0 spiro atoms. The quantitative estimate of drug-likeness (QED) is 0.312. The molecule has 0 saturated heterocycles. The van der Waals surface area contributed by atoms with Gasteiger partial charge in [-0.15, -0.1) is 11.3 Å². The summed E-state index contributed by atoms with van der Waals surface area (Å²) in [7, 11) is 0. The Morgan fingerprint density at radius 2 is 1.89 bits per heavy atom. The lowest BCUT2D eigenvalue weighted by Gasteiger charge is -2.43. The minimum absolute atomic E-state index is 0.273. The number of nitrogens with zero attached hydrogens (tertiary/aromatic N) is 2. The molecule has 1 amide bonds. The Bertz CT molecular complexity index is 1200. The van der Waals surface area contributed by atoms with Gasteiger partial charge in [0.1, 0.15) is 12.0 Å². The average Bonchev–Trinajstić information content (AvgIpc) is 3.30. The molecule has 3 aromatic rings. The highest BCUT2D eigenvalue weighted by molar-refractivity contribution is 7.16. The zero-order valence-corrected chi connectivity index (χ0v) is 21.6. The van der Waals surface area contributed by atoms with Crippen LogP contribution in [-0.2, 0) is 0 Å². The van der Waals surface area contributed by atoms with Crippen LogP contribution in [0.2, 0.25) is 0 Å². The summed E-state index contributed by atoms with van der Waals surface area (Å²) in [6.45, 7) is 2.51. The monoisotopic (exact) mass is 511 g/mol. The number of nitrogens with one attached hydrogen (secondary N) is 3. The Kier molecular flexibility index (Phi) is 7.12. The Morgan fingerprint density at radius 1 is 1.17 bits per heavy atom. The van der Waals surface area contributed by atoms with E-state index >= 15 is 0 Å². The highest BCUT2D eigenvalue weighted by atomic mass is 32.1. The van der Waals surface area contributed by atoms with E-state index in [0.717, 1.165) is 15.9 Å². The van der Waals surface area contributed by atoms with Crippen LogP contribution in [0.15, 0.2) is 36.0 Å². The van der Waals surface area contributed by atoms with Crippen molar-refractivity contribution >= 4 is 44.7 Å². The van der Waals surface area contributed by atoms with E-state index in [-0.39, 0.29) is 6.54 Å². The topological polar surface area (TPSA) is 99.2 Å². The van der Waals surface area contributed by atoms with Crippen LogP contribution >= 0.6 is 11.3 Å². The molecule has 7 nitrogen and oxygen atoms in total. The van der Waals surface area contributed by atoms with Crippen molar-refractivity contribution < 1.29 is 14.3 Å². The van der Waals surface area contributed by atoms with Crippen LogP contribution < -0.4 is 16.0 Å². The summed E-state index contributed by atoms with van der Waals surface area (Å²) in [4.78, 5) is 21.9. The van der Waals surface area contributed by atoms with Gasteiger partial charge in [-0.2, -0.15) is 0 Å². The van der Waals surface area contributed by atoms with Crippen LogP contribution in [-0.4, -0.2) is 45.3 Å². The number of halogens is 1. The second-order valence-corrected chi connectivity index (χ2v) is 11.5. The zero-order valence-electron chi connectivity index (χ0n) is 20.8. The molecule has 1 aromatic carbocycles. The Hall–Kier alpha value is -2.78. The molecule has 5 rings (SSSR count). The number of benzene rings is 1. The molecule has 1 unspecified atom stereocenters. The minimum Gasteiger partial charge on any atom is -0.387 e. The number of aliphatic hydroxyl groups is 1. The van der Waals surface area contributed by atoms with Gasteiger partial charge in [-0.25, -0.2) is 14.4 Å². The van der Waals surface area contributed by atoms with Crippen molar-refractivity contribution in [1.82, 2.24) is 15.3 Å². The van der Waals surface area contributed by atoms with E-state index in [4.69, 9.17) is 0 Å². The van der Waals surface area contributed by atoms with Crippen LogP contribution in [0.4, 0.5) is 21.6 Å². The zero-order chi connectivity index (χ0) is 25.3. The molecule has 2 heterocycles. The second kappa shape index (κ2) is 10.3. The van der Waals surface area contributed by atoms with Gasteiger partial charge >= 0.3 is 0 Å². The van der Waals surface area contributed by atoms with Gasteiger partial charge < -0.3 is 21.1 Å². The summed E-state index contributed by atoms with van der Waals surface area (Å²) in [5.41, 5.74) is 3.22. The van der Waals surface area contributed by atoms with Gasteiger partial charge in [0.15, 0.2) is 0 Å². The Labute approximate surface area is 214 Å². The number of anilines is 3. The first-order chi connectivity index (χ1) is 17.3. The standard InChI is InChI=1S/C27H34FN5O2S/c1-27(2,35)23(28)14-30-26(34)19-13-29-24(32-18-9-10-20-22(11-18)36-15-31-20)12-21(19)33-25-16-5-3-6-17(25)8-4-7-16/h9-13,15-17,23,25,35H,3-8,14H2,1-2H3,(H,30,34)(H2,29,32,33). The van der Waals surface area contributed by atoms with Crippen LogP contribution in [0.5, 0.6) is 0 Å². The fraction of sp³-hybridized carbons (Fsp3) is 0.519. The van der Waals surface area contributed by atoms with Crippen molar-refractivity contribution in [2.75, 3.05) is 17.2 Å². The number of thiazole rings is 1. The van der Waals surface area contributed by atoms with Crippen molar-refractivity contribution in [1.29, 1.82) is 0 Å². The maximum Gasteiger partial charge on any atom is 0.255 e. The molecule has 36 heavy (non-hydrogen) atoms. The van der Waals surface area contributed by atoms with Crippen LogP contribution in [0, 0.1) is 11.8 Å². The van der Waals surface area contributed by atoms with Gasteiger partial charge in [0, 0.05) is 24.0 Å². The minimum atomic E-state index is -1.58. The molecule has 9 heteroatoms. The fourth-order valence-electron chi connectivity index (χ4n) is 5.52. The van der Waals surface area contributed by atoms with E-state index in [1.165, 1.54) is 52.4 Å². The lowest BCUT2D eigenvalue weighted by molar-refractivity contribution is -0.00177. The first-order valence-corrected chi connectivity index (χ1v) is 13.7. The lowest BCUT2D eigenvalue weighted by atomic mass is 9.68. The Morgan fingerprint density at radius 3 is 2.58 bits per heavy atom. The number of carbonyl (C=O) groups excluding carboxylic acids is 1. The predicted octanol–water partition coefficient (Wildman–Crippen LogP) is 5.65. The molecular weight excluding hydrogens is 477 g/mol. The number of carbonyl (C=O) groups is 1. The summed E-state index contributed by atoms with van der Waals surface area (Å²) in [5, 5.41) is 19.6. The molecule has 2 fully saturated rings. The van der Waals surface area contributed by atoms with E-state index in [1.54, 1.807) is 17.5 Å². The van der Waals surface area contributed by atoms with Gasteiger partial charge in [0.2, 0.25) is 0 Å². The number of hydrogen-bond donors (Lipinski definition) is 4. The lowest BCUT2D eigenvalue weighted by Crippen LogP contribution is -2.44. The van der Waals surface area contributed by atoms with Gasteiger partial charge in [0.05, 0.1) is 39.1 Å². The number of hydrogen-bond acceptors (Lipinski definition) is 7. The molecular formula is C27H34FN5O2S. The molecule has 2 aliphatic carbocycles. The summed E-state index contributed by atoms with van der Waals surface area (Å²) in [6.07, 6.45) is 7.31. The van der Waals surface area contributed by atoms with Crippen LogP contribution in [0.25, 0.3) is 10.2 Å². The van der Waals surface area contributed by atoms with Gasteiger partial charge in [-0.1, -0.05) is 12.8 Å². The number of fused-ring (bicyclic) bond motifs is 3. The van der Waals surface area contributed by atoms with E-state index in [2.05, 4.69) is 25.9 Å². The SMILES string of the molecule is CC(C)(O)C(F)CNC(=O)c1cnc(Nc2ccc3ncsc3c2)cc1NC1C2CCCC1CCC2. The molecule has 2 bridgehead atoms. The maximum absolute atomic E-state index is 14.3. The largest absolute Gasteiger partial charge is 0.387 e. The molecule has 192 valence electrons. The molecule has 4 N–H and O–H groups in total. The first-order valence-electron chi connectivity index (χ1n) is 12.8. The maximum atomic E-state index is 14.3. The van der Waals surface area contributed by atoms with E-state index < -0.39 is 17.7 Å². The smallest absolute Gasteiger partial charge is 0.255 e. The molecule has 0 radical (unpaired) electrons. The molecule has 2 aliphatic rings. The molecule has 0 aliphatic heterocycles. The number of rotatable bonds is 8. The first kappa shape index (κ1) is 24.9. The molecule has 2 saturated carbocycles. The van der Waals surface area contributed by atoms with Crippen LogP contribution in [0.3, 0.4) is 0 Å². The summed E-state index contributed by atoms with van der Waals surface area (Å²) in [6, 6.07) is 8.15. The Balaban J connectivity index is 1.40. The normalized spacial score (nSPS) is 22.7. The van der Waals surface area contributed by atoms with Crippen molar-refractivity contribution in [3.05, 3.63) is 41.5 Å². The summed E-state index contributed by atoms with van der Waals surface area (Å²) >= 11 is 1.58. The summed E-state index contributed by atoms with van der Waals surface area (Å²) in [5.74, 6) is 1.41. The molecule has 1 atom stereocenters. The number of aromatic nitrogens is 2. The summed E-state index contributed by atoms with van der Waals surface area (Å²) < 4.78 is 15.4. The fourth-order valence-corrected chi connectivity index (χ4v) is 6.24. The van der Waals surface area contributed by atoms with Gasteiger partial charge in [-0.3, -0.25) is 4.79 Å². The van der Waals surface area contributed by atoms with Crippen molar-refractivity contribution in [3.8, 4) is 0 Å². The number of alkyl halides is 1. The third kappa shape index (κ3) is 5.47. The van der Waals surface area contributed by atoms with Crippen molar-refractivity contribution in [2.24, 2.45) is 11.8 Å². The number of amides is 1. The van der Waals surface area contributed by atoms with Crippen LogP contribution in [0.1, 0.15) is 62.7 Å². The van der Waals surface area contributed by atoms with E-state index in [1.807, 2.05) is 29.8 Å². The van der Waals surface area contributed by atoms with Gasteiger partial charge in [0.25, 0.3) is 5.91 Å². The second-order valence-electron chi connectivity index (χ2n) is 10.7. The van der Waals surface area contributed by atoms with Gasteiger partial charge in [-0.05, 0) is 69.6 Å². The van der Waals surface area contributed by atoms with Crippen molar-refractivity contribution in [3.63, 3.8) is 0 Å². The highest BCUT2D eigenvalue weighted by Gasteiger charge is 2.37. The number of pyridine rings is 1. The van der Waals surface area contributed by atoms with Crippen molar-refractivity contribution in [2.45, 2.75) is 70.2 Å². The third-order valence-electron chi connectivity index (χ3n) is 7.60. The highest BCUT2D eigenvalue weighted by Crippen LogP contribution is 2.42. The van der Waals surface area contributed by atoms with E-state index in [9.17, 15) is 14.3 Å². The average molecular weight is 512 g/mol. The molecule has 2 aromatic heterocycles. The third-order valence-corrected chi connectivity index (χ3v) is 8.39. The predicted molar refractivity (Wildman–Crippen MR) is 143 cm³/mol.